The molecule has 1 unspecified atom stereocenters. The van der Waals surface area contributed by atoms with Gasteiger partial charge in [0, 0.05) is 61.0 Å². The molecule has 2 amide bonds. The summed E-state index contributed by atoms with van der Waals surface area (Å²) in [6.07, 6.45) is 7.18. The van der Waals surface area contributed by atoms with E-state index in [4.69, 9.17) is 4.98 Å². The topological polar surface area (TPSA) is 92.1 Å². The van der Waals surface area contributed by atoms with E-state index in [1.807, 2.05) is 42.7 Å². The van der Waals surface area contributed by atoms with Crippen LogP contribution < -0.4 is 10.6 Å². The Morgan fingerprint density at radius 3 is 2.64 bits per heavy atom. The number of rotatable bonds is 10. The minimum atomic E-state index is -0.267. The summed E-state index contributed by atoms with van der Waals surface area (Å²) in [6, 6.07) is 14.3. The Labute approximate surface area is 233 Å². The second-order valence-corrected chi connectivity index (χ2v) is 11.3. The Morgan fingerprint density at radius 1 is 1.13 bits per heavy atom. The molecule has 1 saturated heterocycles. The number of amides is 2. The van der Waals surface area contributed by atoms with E-state index in [1.165, 1.54) is 10.4 Å². The third-order valence-electron chi connectivity index (χ3n) is 7.49. The number of aromatic nitrogens is 3. The number of hydrogen-bond acceptors (Lipinski definition) is 6. The number of nitrogens with one attached hydrogen (secondary N) is 2. The number of pyridine rings is 1. The van der Waals surface area contributed by atoms with Crippen molar-refractivity contribution in [2.45, 2.75) is 58.2 Å². The van der Waals surface area contributed by atoms with E-state index in [0.29, 0.717) is 11.6 Å². The van der Waals surface area contributed by atoms with Gasteiger partial charge in [-0.15, -0.1) is 11.3 Å². The lowest BCUT2D eigenvalue weighted by atomic mass is 10.0. The van der Waals surface area contributed by atoms with Crippen LogP contribution in [0.2, 0.25) is 0 Å². The first-order valence-electron chi connectivity index (χ1n) is 13.7. The minimum Gasteiger partial charge on any atom is -0.352 e. The number of hydrogen-bond donors (Lipinski definition) is 2. The molecule has 204 valence electrons. The number of thiophene rings is 1. The smallest absolute Gasteiger partial charge is 0.251 e. The van der Waals surface area contributed by atoms with Gasteiger partial charge < -0.3 is 15.2 Å². The van der Waals surface area contributed by atoms with Crippen molar-refractivity contribution in [3.8, 4) is 0 Å². The predicted molar refractivity (Wildman–Crippen MR) is 155 cm³/mol. The second-order valence-electron chi connectivity index (χ2n) is 10.3. The lowest BCUT2D eigenvalue weighted by Crippen LogP contribution is -2.47. The van der Waals surface area contributed by atoms with Crippen LogP contribution in [-0.4, -0.2) is 56.9 Å². The molecule has 2 N–H and O–H groups in total. The van der Waals surface area contributed by atoms with Gasteiger partial charge in [0.25, 0.3) is 5.91 Å². The van der Waals surface area contributed by atoms with Gasteiger partial charge >= 0.3 is 0 Å². The van der Waals surface area contributed by atoms with Gasteiger partial charge in [-0.1, -0.05) is 13.0 Å². The molecule has 39 heavy (non-hydrogen) atoms. The van der Waals surface area contributed by atoms with E-state index < -0.39 is 0 Å². The van der Waals surface area contributed by atoms with Crippen LogP contribution in [0.5, 0.6) is 0 Å². The molecule has 0 bridgehead atoms. The highest BCUT2D eigenvalue weighted by atomic mass is 32.1. The molecule has 8 nitrogen and oxygen atoms in total. The van der Waals surface area contributed by atoms with Crippen LogP contribution in [-0.2, 0) is 17.8 Å². The van der Waals surface area contributed by atoms with E-state index in [2.05, 4.69) is 56.4 Å². The van der Waals surface area contributed by atoms with Crippen LogP contribution in [0.1, 0.15) is 65.8 Å². The van der Waals surface area contributed by atoms with Crippen molar-refractivity contribution in [1.82, 2.24) is 30.1 Å². The summed E-state index contributed by atoms with van der Waals surface area (Å²) in [4.78, 5) is 38.1. The van der Waals surface area contributed by atoms with E-state index in [0.717, 1.165) is 62.2 Å². The van der Waals surface area contributed by atoms with Gasteiger partial charge in [0.15, 0.2) is 0 Å². The van der Waals surface area contributed by atoms with Gasteiger partial charge in [-0.05, 0) is 73.5 Å². The molecule has 9 heteroatoms. The van der Waals surface area contributed by atoms with Gasteiger partial charge in [-0.3, -0.25) is 19.5 Å². The fourth-order valence-corrected chi connectivity index (χ4v) is 5.88. The zero-order valence-electron chi connectivity index (χ0n) is 22.6. The Kier molecular flexibility index (Phi) is 8.68. The van der Waals surface area contributed by atoms with Crippen molar-refractivity contribution in [2.24, 2.45) is 0 Å². The maximum atomic E-state index is 12.9. The first kappa shape index (κ1) is 27.0. The molecular weight excluding hydrogens is 508 g/mol. The number of nitrogens with zero attached hydrogens (tertiary/aromatic N) is 4. The zero-order valence-corrected chi connectivity index (χ0v) is 23.4. The van der Waals surface area contributed by atoms with Gasteiger partial charge in [0.2, 0.25) is 5.91 Å². The van der Waals surface area contributed by atoms with Crippen molar-refractivity contribution >= 4 is 34.2 Å². The first-order chi connectivity index (χ1) is 19.0. The Bertz CT molecular complexity index is 1390. The maximum Gasteiger partial charge on any atom is 0.251 e. The highest BCUT2D eigenvalue weighted by molar-refractivity contribution is 7.09. The molecule has 4 aromatic rings. The van der Waals surface area contributed by atoms with Crippen LogP contribution in [0.15, 0.2) is 60.2 Å². The average Bonchev–Trinajstić information content (AvgIpc) is 3.60. The van der Waals surface area contributed by atoms with Gasteiger partial charge in [-0.25, -0.2) is 4.98 Å². The lowest BCUT2D eigenvalue weighted by molar-refractivity contribution is -0.121. The number of piperidine rings is 1. The Morgan fingerprint density at radius 2 is 1.92 bits per heavy atom. The second kappa shape index (κ2) is 12.5. The molecule has 0 aliphatic carbocycles. The normalized spacial score (nSPS) is 15.3. The van der Waals surface area contributed by atoms with E-state index in [9.17, 15) is 9.59 Å². The van der Waals surface area contributed by atoms with Gasteiger partial charge in [0.05, 0.1) is 17.6 Å². The fraction of sp³-hybridized carbons (Fsp3) is 0.400. The minimum absolute atomic E-state index is 0.0426. The van der Waals surface area contributed by atoms with E-state index in [-0.39, 0.29) is 24.4 Å². The molecule has 1 aliphatic rings. The largest absolute Gasteiger partial charge is 0.352 e. The van der Waals surface area contributed by atoms with Crippen molar-refractivity contribution in [3.05, 3.63) is 82.1 Å². The SMILES string of the molecule is CCC(C)n1c(Cc2cccs2)nc2cc(C(=O)NCC(=O)NC3CCN(Cc4ccncc4)CC3)ccc21. The highest BCUT2D eigenvalue weighted by Crippen LogP contribution is 2.26. The lowest BCUT2D eigenvalue weighted by Gasteiger charge is -2.32. The van der Waals surface area contributed by atoms with Crippen LogP contribution in [0.4, 0.5) is 0 Å². The standard InChI is InChI=1S/C30H36N6O2S/c1-3-21(2)36-27-7-6-23(17-26(27)34-28(36)18-25-5-4-16-39-25)30(38)32-19-29(37)33-24-10-14-35(15-11-24)20-22-8-12-31-13-9-22/h4-9,12-13,16-17,21,24H,3,10-11,14-15,18-20H2,1-2H3,(H,32,38)(H,33,37). The summed E-state index contributed by atoms with van der Waals surface area (Å²) in [6.45, 7) is 7.08. The van der Waals surface area contributed by atoms with Crippen LogP contribution in [0, 0.1) is 0 Å². The summed E-state index contributed by atoms with van der Waals surface area (Å²) >= 11 is 1.73. The molecule has 1 atom stereocenters. The molecule has 3 aromatic heterocycles. The average molecular weight is 545 g/mol. The summed E-state index contributed by atoms with van der Waals surface area (Å²) in [7, 11) is 0. The third-order valence-corrected chi connectivity index (χ3v) is 8.36. The molecule has 1 aromatic carbocycles. The van der Waals surface area contributed by atoms with Crippen molar-refractivity contribution in [2.75, 3.05) is 19.6 Å². The first-order valence-corrected chi connectivity index (χ1v) is 14.6. The van der Waals surface area contributed by atoms with Crippen molar-refractivity contribution < 1.29 is 9.59 Å². The van der Waals surface area contributed by atoms with Crippen LogP contribution in [0.3, 0.4) is 0 Å². The summed E-state index contributed by atoms with van der Waals surface area (Å²) in [5.41, 5.74) is 3.59. The van der Waals surface area contributed by atoms with Crippen molar-refractivity contribution in [3.63, 3.8) is 0 Å². The number of imidazole rings is 1. The summed E-state index contributed by atoms with van der Waals surface area (Å²) in [5.74, 6) is 0.582. The molecule has 1 fully saturated rings. The molecule has 4 heterocycles. The monoisotopic (exact) mass is 544 g/mol. The molecule has 5 rings (SSSR count). The number of carbonyl (C=O) groups is 2. The molecule has 0 saturated carbocycles. The number of likely N-dealkylation sites (tertiary alicyclic amines) is 1. The van der Waals surface area contributed by atoms with Crippen molar-refractivity contribution in [1.29, 1.82) is 0 Å². The summed E-state index contributed by atoms with van der Waals surface area (Å²) in [5, 5.41) is 7.95. The van der Waals surface area contributed by atoms with Gasteiger partial charge in [-0.2, -0.15) is 0 Å². The fourth-order valence-electron chi connectivity index (χ4n) is 5.18. The maximum absolute atomic E-state index is 12.9. The summed E-state index contributed by atoms with van der Waals surface area (Å²) < 4.78 is 2.28. The molecular formula is C30H36N6O2S. The van der Waals surface area contributed by atoms with Crippen LogP contribution in [0.25, 0.3) is 11.0 Å². The van der Waals surface area contributed by atoms with Gasteiger partial charge in [0.1, 0.15) is 5.82 Å². The number of benzene rings is 1. The Hall–Kier alpha value is -3.56. The molecule has 0 radical (unpaired) electrons. The number of carbonyl (C=O) groups excluding carboxylic acids is 2. The zero-order chi connectivity index (χ0) is 27.2. The van der Waals surface area contributed by atoms with E-state index >= 15 is 0 Å². The van der Waals surface area contributed by atoms with E-state index in [1.54, 1.807) is 11.3 Å². The molecule has 1 aliphatic heterocycles. The third kappa shape index (κ3) is 6.72. The predicted octanol–water partition coefficient (Wildman–Crippen LogP) is 4.57. The number of fused-ring (bicyclic) bond motifs is 1. The van der Waals surface area contributed by atoms with Crippen LogP contribution >= 0.6 is 11.3 Å². The Balaban J connectivity index is 1.15. The molecule has 0 spiro atoms. The highest BCUT2D eigenvalue weighted by Gasteiger charge is 2.22. The quantitative estimate of drug-likeness (QED) is 0.305.